The molecule has 1 N–H and O–H groups in total. The van der Waals surface area contributed by atoms with Gasteiger partial charge in [0, 0.05) is 23.2 Å². The standard InChI is InChI=1S/C27H34ClN3O5S/c1-4-25(27(34)29-23-9-5-6-10-23)30(17-20-12-14-22(28)15-13-20)26(33)18-31(37(3,35)36)24-11-7-8-21(16-24)19(2)32/h7-8,11-16,23,25H,4-6,9-10,17-18H2,1-3H3,(H,29,34)/t25-/m0/s1. The van der Waals surface area contributed by atoms with Crippen molar-refractivity contribution in [2.24, 2.45) is 0 Å². The van der Waals surface area contributed by atoms with Crippen molar-refractivity contribution in [3.63, 3.8) is 0 Å². The number of anilines is 1. The Balaban J connectivity index is 1.94. The maximum Gasteiger partial charge on any atom is 0.244 e. The van der Waals surface area contributed by atoms with E-state index in [2.05, 4.69) is 5.32 Å². The van der Waals surface area contributed by atoms with Gasteiger partial charge in [0.25, 0.3) is 0 Å². The molecule has 1 aliphatic carbocycles. The number of carbonyl (C=O) groups excluding carboxylic acids is 3. The molecule has 1 atom stereocenters. The van der Waals surface area contributed by atoms with Crippen molar-refractivity contribution in [2.45, 2.75) is 64.6 Å². The predicted molar refractivity (Wildman–Crippen MR) is 145 cm³/mol. The Morgan fingerprint density at radius 1 is 1.08 bits per heavy atom. The van der Waals surface area contributed by atoms with Crippen LogP contribution in [-0.4, -0.2) is 55.8 Å². The van der Waals surface area contributed by atoms with Crippen molar-refractivity contribution < 1.29 is 22.8 Å². The molecule has 8 nitrogen and oxygen atoms in total. The summed E-state index contributed by atoms with van der Waals surface area (Å²) in [6, 6.07) is 12.4. The van der Waals surface area contributed by atoms with Crippen LogP contribution in [-0.2, 0) is 26.2 Å². The Labute approximate surface area is 224 Å². The molecule has 2 amide bonds. The molecule has 0 unspecified atom stereocenters. The highest BCUT2D eigenvalue weighted by Gasteiger charge is 2.33. The lowest BCUT2D eigenvalue weighted by Gasteiger charge is -2.33. The van der Waals surface area contributed by atoms with Crippen molar-refractivity contribution in [3.8, 4) is 0 Å². The van der Waals surface area contributed by atoms with Crippen LogP contribution in [0, 0.1) is 0 Å². The van der Waals surface area contributed by atoms with Crippen LogP contribution in [0.3, 0.4) is 0 Å². The fourth-order valence-corrected chi connectivity index (χ4v) is 5.53. The van der Waals surface area contributed by atoms with E-state index in [1.54, 1.807) is 36.4 Å². The monoisotopic (exact) mass is 547 g/mol. The molecule has 200 valence electrons. The first-order chi connectivity index (χ1) is 17.5. The number of Topliss-reactive ketones (excluding diaryl/α,β-unsaturated/α-hetero) is 1. The maximum absolute atomic E-state index is 13.8. The van der Waals surface area contributed by atoms with E-state index in [0.29, 0.717) is 17.0 Å². The largest absolute Gasteiger partial charge is 0.352 e. The molecule has 0 aromatic heterocycles. The molecule has 0 radical (unpaired) electrons. The average Bonchev–Trinajstić information content (AvgIpc) is 3.35. The van der Waals surface area contributed by atoms with E-state index < -0.39 is 28.5 Å². The van der Waals surface area contributed by atoms with E-state index in [9.17, 15) is 22.8 Å². The van der Waals surface area contributed by atoms with Crippen LogP contribution in [0.4, 0.5) is 5.69 Å². The Morgan fingerprint density at radius 2 is 1.73 bits per heavy atom. The van der Waals surface area contributed by atoms with E-state index in [0.717, 1.165) is 41.8 Å². The minimum Gasteiger partial charge on any atom is -0.352 e. The highest BCUT2D eigenvalue weighted by atomic mass is 35.5. The summed E-state index contributed by atoms with van der Waals surface area (Å²) in [4.78, 5) is 40.4. The molecule has 2 aromatic rings. The van der Waals surface area contributed by atoms with Gasteiger partial charge < -0.3 is 10.2 Å². The first kappa shape index (κ1) is 28.7. The molecule has 3 rings (SSSR count). The van der Waals surface area contributed by atoms with E-state index in [-0.39, 0.29) is 30.0 Å². The summed E-state index contributed by atoms with van der Waals surface area (Å²) in [6.45, 7) is 2.81. The van der Waals surface area contributed by atoms with Gasteiger partial charge in [0.05, 0.1) is 11.9 Å². The number of hydrogen-bond donors (Lipinski definition) is 1. The van der Waals surface area contributed by atoms with Gasteiger partial charge in [-0.2, -0.15) is 0 Å². The molecule has 0 heterocycles. The zero-order valence-corrected chi connectivity index (χ0v) is 23.0. The van der Waals surface area contributed by atoms with Crippen LogP contribution >= 0.6 is 11.6 Å². The number of amides is 2. The predicted octanol–water partition coefficient (Wildman–Crippen LogP) is 4.17. The van der Waals surface area contributed by atoms with Crippen LogP contribution in [0.2, 0.25) is 5.02 Å². The molecule has 1 fully saturated rings. The topological polar surface area (TPSA) is 104 Å². The lowest BCUT2D eigenvalue weighted by Crippen LogP contribution is -2.53. The SMILES string of the molecule is CC[C@@H](C(=O)NC1CCCC1)N(Cc1ccc(Cl)cc1)C(=O)CN(c1cccc(C(C)=O)c1)S(C)(=O)=O. The van der Waals surface area contributed by atoms with Crippen molar-refractivity contribution >= 4 is 44.9 Å². The lowest BCUT2D eigenvalue weighted by molar-refractivity contribution is -0.140. The molecule has 1 aliphatic rings. The van der Waals surface area contributed by atoms with Gasteiger partial charge in [-0.25, -0.2) is 8.42 Å². The third kappa shape index (κ3) is 7.79. The summed E-state index contributed by atoms with van der Waals surface area (Å²) in [5, 5.41) is 3.61. The number of rotatable bonds is 11. The number of halogens is 1. The van der Waals surface area contributed by atoms with Gasteiger partial charge in [-0.15, -0.1) is 0 Å². The Kier molecular flexibility index (Phi) is 9.73. The van der Waals surface area contributed by atoms with Crippen LogP contribution in [0.15, 0.2) is 48.5 Å². The van der Waals surface area contributed by atoms with Crippen molar-refractivity contribution in [3.05, 3.63) is 64.7 Å². The highest BCUT2D eigenvalue weighted by molar-refractivity contribution is 7.92. The third-order valence-corrected chi connectivity index (χ3v) is 7.97. The van der Waals surface area contributed by atoms with Gasteiger partial charge >= 0.3 is 0 Å². The van der Waals surface area contributed by atoms with Gasteiger partial charge in [0.15, 0.2) is 5.78 Å². The van der Waals surface area contributed by atoms with Crippen LogP contribution in [0.25, 0.3) is 0 Å². The number of carbonyl (C=O) groups is 3. The Morgan fingerprint density at radius 3 is 2.30 bits per heavy atom. The summed E-state index contributed by atoms with van der Waals surface area (Å²) in [6.07, 6.45) is 5.28. The summed E-state index contributed by atoms with van der Waals surface area (Å²) < 4.78 is 26.5. The molecule has 0 aliphatic heterocycles. The molecule has 0 bridgehead atoms. The summed E-state index contributed by atoms with van der Waals surface area (Å²) in [5.74, 6) is -0.996. The number of benzene rings is 2. The van der Waals surface area contributed by atoms with Gasteiger partial charge in [0.1, 0.15) is 12.6 Å². The van der Waals surface area contributed by atoms with Crippen LogP contribution in [0.5, 0.6) is 0 Å². The smallest absolute Gasteiger partial charge is 0.244 e. The summed E-state index contributed by atoms with van der Waals surface area (Å²) >= 11 is 6.03. The van der Waals surface area contributed by atoms with Crippen LogP contribution < -0.4 is 9.62 Å². The van der Waals surface area contributed by atoms with Gasteiger partial charge in [-0.3, -0.25) is 18.7 Å². The first-order valence-electron chi connectivity index (χ1n) is 12.4. The number of nitrogens with zero attached hydrogens (tertiary/aromatic N) is 2. The fourth-order valence-electron chi connectivity index (χ4n) is 4.57. The summed E-state index contributed by atoms with van der Waals surface area (Å²) in [5.41, 5.74) is 1.30. The van der Waals surface area contributed by atoms with Crippen molar-refractivity contribution in [1.82, 2.24) is 10.2 Å². The second kappa shape index (κ2) is 12.6. The normalized spacial score (nSPS) is 14.7. The molecular formula is C27H34ClN3O5S. The van der Waals surface area contributed by atoms with Gasteiger partial charge in [0.2, 0.25) is 21.8 Å². The molecular weight excluding hydrogens is 514 g/mol. The van der Waals surface area contributed by atoms with E-state index in [4.69, 9.17) is 11.6 Å². The molecule has 37 heavy (non-hydrogen) atoms. The van der Waals surface area contributed by atoms with Crippen molar-refractivity contribution in [1.29, 1.82) is 0 Å². The van der Waals surface area contributed by atoms with Crippen molar-refractivity contribution in [2.75, 3.05) is 17.1 Å². The quantitative estimate of drug-likeness (QED) is 0.425. The number of nitrogens with one attached hydrogen (secondary N) is 1. The minimum absolute atomic E-state index is 0.0795. The summed E-state index contributed by atoms with van der Waals surface area (Å²) in [7, 11) is -3.88. The minimum atomic E-state index is -3.88. The highest BCUT2D eigenvalue weighted by Crippen LogP contribution is 2.23. The van der Waals surface area contributed by atoms with Gasteiger partial charge in [-0.05, 0) is 56.0 Å². The molecule has 1 saturated carbocycles. The second-order valence-corrected chi connectivity index (χ2v) is 11.8. The number of hydrogen-bond acceptors (Lipinski definition) is 5. The molecule has 0 saturated heterocycles. The van der Waals surface area contributed by atoms with Crippen LogP contribution in [0.1, 0.15) is 61.9 Å². The van der Waals surface area contributed by atoms with E-state index >= 15 is 0 Å². The lowest BCUT2D eigenvalue weighted by atomic mass is 10.1. The first-order valence-corrected chi connectivity index (χ1v) is 14.6. The third-order valence-electron chi connectivity index (χ3n) is 6.57. The number of ketones is 1. The fraction of sp³-hybridized carbons (Fsp3) is 0.444. The number of sulfonamides is 1. The Hall–Kier alpha value is -2.91. The average molecular weight is 548 g/mol. The Bertz CT molecular complexity index is 1230. The molecule has 2 aromatic carbocycles. The van der Waals surface area contributed by atoms with E-state index in [1.807, 2.05) is 6.92 Å². The second-order valence-electron chi connectivity index (χ2n) is 9.44. The molecule has 10 heteroatoms. The van der Waals surface area contributed by atoms with E-state index in [1.165, 1.54) is 24.0 Å². The molecule has 0 spiro atoms. The van der Waals surface area contributed by atoms with Gasteiger partial charge in [-0.1, -0.05) is 55.6 Å². The zero-order valence-electron chi connectivity index (χ0n) is 21.4. The maximum atomic E-state index is 13.8. The zero-order chi connectivity index (χ0) is 27.2.